The van der Waals surface area contributed by atoms with Crippen molar-refractivity contribution in [3.05, 3.63) is 42.1 Å². The summed E-state index contributed by atoms with van der Waals surface area (Å²) in [5.41, 5.74) is 1.80. The Labute approximate surface area is 117 Å². The molecule has 0 saturated heterocycles. The Hall–Kier alpha value is -2.43. The molecule has 1 aromatic carbocycles. The summed E-state index contributed by atoms with van der Waals surface area (Å²) in [5.74, 6) is -0.863. The normalized spacial score (nSPS) is 10.2. The lowest BCUT2D eigenvalue weighted by Gasteiger charge is -2.06. The fourth-order valence-electron chi connectivity index (χ4n) is 1.82. The van der Waals surface area contributed by atoms with Gasteiger partial charge in [0.1, 0.15) is 6.42 Å². The topological polar surface area (TPSA) is 68.3 Å². The Kier molecular flexibility index (Phi) is 4.65. The molecule has 0 saturated carbocycles. The average Bonchev–Trinajstić information content (AvgIpc) is 2.45. The number of para-hydroxylation sites is 1. The highest BCUT2D eigenvalue weighted by molar-refractivity contribution is 5.94. The van der Waals surface area contributed by atoms with Crippen molar-refractivity contribution in [2.24, 2.45) is 0 Å². The molecule has 0 aliphatic carbocycles. The van der Waals surface area contributed by atoms with Crippen LogP contribution in [0.5, 0.6) is 0 Å². The monoisotopic (exact) mass is 272 g/mol. The van der Waals surface area contributed by atoms with Crippen molar-refractivity contribution >= 4 is 22.8 Å². The highest BCUT2D eigenvalue weighted by atomic mass is 16.5. The van der Waals surface area contributed by atoms with E-state index in [9.17, 15) is 9.59 Å². The Morgan fingerprint density at radius 1 is 1.30 bits per heavy atom. The molecule has 1 aromatic heterocycles. The molecule has 0 atom stereocenters. The van der Waals surface area contributed by atoms with Crippen LogP contribution >= 0.6 is 0 Å². The third-order valence-electron chi connectivity index (χ3n) is 2.75. The molecule has 20 heavy (non-hydrogen) atoms. The van der Waals surface area contributed by atoms with Gasteiger partial charge in [-0.25, -0.2) is 0 Å². The van der Waals surface area contributed by atoms with Crippen molar-refractivity contribution in [3.63, 3.8) is 0 Å². The zero-order valence-corrected chi connectivity index (χ0v) is 11.3. The van der Waals surface area contributed by atoms with Crippen LogP contribution in [0.3, 0.4) is 0 Å². The number of amides is 1. The van der Waals surface area contributed by atoms with Crippen molar-refractivity contribution in [2.45, 2.75) is 19.9 Å². The molecular weight excluding hydrogens is 256 g/mol. The summed E-state index contributed by atoms with van der Waals surface area (Å²) >= 11 is 0. The predicted molar refractivity (Wildman–Crippen MR) is 74.8 cm³/mol. The highest BCUT2D eigenvalue weighted by Crippen LogP contribution is 2.12. The molecule has 104 valence electrons. The first kappa shape index (κ1) is 14.0. The van der Waals surface area contributed by atoms with Crippen LogP contribution in [0, 0.1) is 0 Å². The quantitative estimate of drug-likeness (QED) is 0.665. The number of nitrogens with zero attached hydrogens (tertiary/aromatic N) is 1. The highest BCUT2D eigenvalue weighted by Gasteiger charge is 2.09. The van der Waals surface area contributed by atoms with Crippen LogP contribution < -0.4 is 5.32 Å². The fourth-order valence-corrected chi connectivity index (χ4v) is 1.82. The molecule has 5 heteroatoms. The third-order valence-corrected chi connectivity index (χ3v) is 2.75. The number of esters is 1. The van der Waals surface area contributed by atoms with Crippen LogP contribution in [-0.4, -0.2) is 23.5 Å². The number of nitrogens with one attached hydrogen (secondary N) is 1. The van der Waals surface area contributed by atoms with Gasteiger partial charge in [0.25, 0.3) is 0 Å². The Bertz CT molecular complexity index is 625. The molecule has 1 N–H and O–H groups in total. The van der Waals surface area contributed by atoms with Crippen molar-refractivity contribution in [3.8, 4) is 0 Å². The molecule has 5 nitrogen and oxygen atoms in total. The summed E-state index contributed by atoms with van der Waals surface area (Å²) in [6, 6.07) is 9.72. The van der Waals surface area contributed by atoms with Gasteiger partial charge in [0.15, 0.2) is 0 Å². The number of hydrogen-bond donors (Lipinski definition) is 1. The summed E-state index contributed by atoms with van der Waals surface area (Å²) in [4.78, 5) is 27.0. The largest absolute Gasteiger partial charge is 0.466 e. The SMILES string of the molecule is CCOC(=O)CC(=O)NCc1cnc2ccccc2c1. The second-order valence-electron chi connectivity index (χ2n) is 4.29. The molecule has 0 aliphatic heterocycles. The minimum Gasteiger partial charge on any atom is -0.466 e. The lowest BCUT2D eigenvalue weighted by molar-refractivity contribution is -0.146. The van der Waals surface area contributed by atoms with E-state index in [2.05, 4.69) is 10.3 Å². The standard InChI is InChI=1S/C15H16N2O3/c1-2-20-15(19)8-14(18)17-10-11-7-12-5-3-4-6-13(12)16-9-11/h3-7,9H,2,8,10H2,1H3,(H,17,18). The molecule has 0 spiro atoms. The van der Waals surface area contributed by atoms with E-state index in [-0.39, 0.29) is 18.9 Å². The smallest absolute Gasteiger partial charge is 0.315 e. The van der Waals surface area contributed by atoms with Gasteiger partial charge < -0.3 is 10.1 Å². The molecule has 1 amide bonds. The van der Waals surface area contributed by atoms with E-state index in [1.165, 1.54) is 0 Å². The van der Waals surface area contributed by atoms with Crippen molar-refractivity contribution < 1.29 is 14.3 Å². The summed E-state index contributed by atoms with van der Waals surface area (Å²) < 4.78 is 4.71. The molecule has 2 rings (SSSR count). The molecule has 0 aliphatic rings. The number of fused-ring (bicyclic) bond motifs is 1. The summed E-state index contributed by atoms with van der Waals surface area (Å²) in [7, 11) is 0. The molecule has 0 fully saturated rings. The van der Waals surface area contributed by atoms with Crippen LogP contribution in [0.4, 0.5) is 0 Å². The second-order valence-corrected chi connectivity index (χ2v) is 4.29. The fraction of sp³-hybridized carbons (Fsp3) is 0.267. The van der Waals surface area contributed by atoms with Gasteiger partial charge in [-0.15, -0.1) is 0 Å². The summed E-state index contributed by atoms with van der Waals surface area (Å²) in [5, 5.41) is 3.69. The van der Waals surface area contributed by atoms with Gasteiger partial charge in [0, 0.05) is 18.1 Å². The van der Waals surface area contributed by atoms with Gasteiger partial charge in [0.2, 0.25) is 5.91 Å². The maximum absolute atomic E-state index is 11.5. The van der Waals surface area contributed by atoms with E-state index >= 15 is 0 Å². The molecule has 0 unspecified atom stereocenters. The molecule has 0 bridgehead atoms. The van der Waals surface area contributed by atoms with E-state index in [4.69, 9.17) is 4.74 Å². The Morgan fingerprint density at radius 2 is 2.10 bits per heavy atom. The summed E-state index contributed by atoms with van der Waals surface area (Å²) in [6.45, 7) is 2.33. The number of carbonyl (C=O) groups excluding carboxylic acids is 2. The number of ether oxygens (including phenoxy) is 1. The van der Waals surface area contributed by atoms with Crippen molar-refractivity contribution in [1.82, 2.24) is 10.3 Å². The number of carbonyl (C=O) groups is 2. The molecular formula is C15H16N2O3. The second kappa shape index (κ2) is 6.65. The third kappa shape index (κ3) is 3.78. The first-order chi connectivity index (χ1) is 9.69. The lowest BCUT2D eigenvalue weighted by Crippen LogP contribution is -2.26. The van der Waals surface area contributed by atoms with Gasteiger partial charge in [0.05, 0.1) is 12.1 Å². The molecule has 0 radical (unpaired) electrons. The van der Waals surface area contributed by atoms with Crippen LogP contribution in [-0.2, 0) is 20.9 Å². The van der Waals surface area contributed by atoms with Gasteiger partial charge in [-0.1, -0.05) is 18.2 Å². The number of pyridine rings is 1. The van der Waals surface area contributed by atoms with Crippen molar-refractivity contribution in [1.29, 1.82) is 0 Å². The lowest BCUT2D eigenvalue weighted by atomic mass is 10.1. The predicted octanol–water partition coefficient (Wildman–Crippen LogP) is 1.80. The Morgan fingerprint density at radius 3 is 2.90 bits per heavy atom. The first-order valence-electron chi connectivity index (χ1n) is 6.45. The van der Waals surface area contributed by atoms with Crippen LogP contribution in [0.1, 0.15) is 18.9 Å². The van der Waals surface area contributed by atoms with Crippen molar-refractivity contribution in [2.75, 3.05) is 6.61 Å². The van der Waals surface area contributed by atoms with Crippen LogP contribution in [0.2, 0.25) is 0 Å². The zero-order chi connectivity index (χ0) is 14.4. The number of benzene rings is 1. The molecule has 2 aromatic rings. The van der Waals surface area contributed by atoms with E-state index in [0.29, 0.717) is 6.54 Å². The van der Waals surface area contributed by atoms with E-state index in [0.717, 1.165) is 16.5 Å². The number of rotatable bonds is 5. The molecule has 1 heterocycles. The summed E-state index contributed by atoms with van der Waals surface area (Å²) in [6.07, 6.45) is 1.46. The van der Waals surface area contributed by atoms with Gasteiger partial charge in [-0.2, -0.15) is 0 Å². The van der Waals surface area contributed by atoms with Gasteiger partial charge in [-0.05, 0) is 24.6 Å². The van der Waals surface area contributed by atoms with E-state index in [1.807, 2.05) is 30.3 Å². The zero-order valence-electron chi connectivity index (χ0n) is 11.3. The van der Waals surface area contributed by atoms with E-state index in [1.54, 1.807) is 13.1 Å². The van der Waals surface area contributed by atoms with Gasteiger partial charge >= 0.3 is 5.97 Å². The minimum atomic E-state index is -0.512. The average molecular weight is 272 g/mol. The van der Waals surface area contributed by atoms with Crippen LogP contribution in [0.15, 0.2) is 36.5 Å². The Balaban J connectivity index is 1.92. The van der Waals surface area contributed by atoms with E-state index < -0.39 is 5.97 Å². The van der Waals surface area contributed by atoms with Crippen LogP contribution in [0.25, 0.3) is 10.9 Å². The minimum absolute atomic E-state index is 0.255. The maximum atomic E-state index is 11.5. The maximum Gasteiger partial charge on any atom is 0.315 e. The number of aromatic nitrogens is 1. The number of hydrogen-bond acceptors (Lipinski definition) is 4. The first-order valence-corrected chi connectivity index (χ1v) is 6.45. The van der Waals surface area contributed by atoms with Gasteiger partial charge in [-0.3, -0.25) is 14.6 Å².